The number of thioether (sulfide) groups is 1. The Kier molecular flexibility index (Phi) is 6.19. The van der Waals surface area contributed by atoms with Gasteiger partial charge in [0.2, 0.25) is 5.91 Å². The summed E-state index contributed by atoms with van der Waals surface area (Å²) < 4.78 is 6.79. The van der Waals surface area contributed by atoms with Crippen LogP contribution in [0, 0.1) is 0 Å². The first-order valence-electron chi connectivity index (χ1n) is 6.24. The van der Waals surface area contributed by atoms with Crippen molar-refractivity contribution >= 4 is 66.9 Å². The van der Waals surface area contributed by atoms with Gasteiger partial charge in [0.1, 0.15) is 11.0 Å². The van der Waals surface area contributed by atoms with Crippen LogP contribution in [0.5, 0.6) is 5.75 Å². The zero-order valence-corrected chi connectivity index (χ0v) is 15.7. The minimum absolute atomic E-state index is 0.255. The number of carbonyl (C=O) groups is 2. The lowest BCUT2D eigenvalue weighted by Gasteiger charge is -2.05. The van der Waals surface area contributed by atoms with E-state index >= 15 is 0 Å². The van der Waals surface area contributed by atoms with Gasteiger partial charge in [0, 0.05) is 10.0 Å². The maximum atomic E-state index is 11.6. The molecule has 0 radical (unpaired) electrons. The van der Waals surface area contributed by atoms with Crippen LogP contribution in [-0.2, 0) is 9.59 Å². The summed E-state index contributed by atoms with van der Waals surface area (Å²) in [5.74, 6) is -0.765. The molecule has 2 N–H and O–H groups in total. The lowest BCUT2D eigenvalue weighted by Crippen LogP contribution is -2.26. The van der Waals surface area contributed by atoms with Crippen molar-refractivity contribution in [1.82, 2.24) is 5.32 Å². The maximum absolute atomic E-state index is 11.6. The highest BCUT2D eigenvalue weighted by Crippen LogP contribution is 2.30. The summed E-state index contributed by atoms with van der Waals surface area (Å²) in [6.07, 6.45) is 1.25. The fraction of sp³-hybridized carbons (Fsp3) is 0.231. The van der Waals surface area contributed by atoms with Crippen molar-refractivity contribution in [1.29, 1.82) is 0 Å². The molecule has 1 aromatic carbocycles. The molecule has 0 saturated carbocycles. The van der Waals surface area contributed by atoms with E-state index in [9.17, 15) is 9.59 Å². The Balaban J connectivity index is 2.10. The van der Waals surface area contributed by atoms with Gasteiger partial charge in [-0.25, -0.2) is 0 Å². The van der Waals surface area contributed by atoms with Crippen LogP contribution in [0.1, 0.15) is 12.0 Å². The van der Waals surface area contributed by atoms with E-state index in [-0.39, 0.29) is 17.5 Å². The Morgan fingerprint density at radius 1 is 1.48 bits per heavy atom. The Morgan fingerprint density at radius 2 is 2.22 bits per heavy atom. The maximum Gasteiger partial charge on any atom is 0.305 e. The lowest BCUT2D eigenvalue weighted by atomic mass is 10.2. The molecule has 1 atom stereocenters. The lowest BCUT2D eigenvalue weighted by molar-refractivity contribution is -0.138. The molecule has 0 spiro atoms. The van der Waals surface area contributed by atoms with Gasteiger partial charge in [-0.15, -0.1) is 5.10 Å². The predicted octanol–water partition coefficient (Wildman–Crippen LogP) is 2.62. The van der Waals surface area contributed by atoms with E-state index in [0.717, 1.165) is 26.3 Å². The van der Waals surface area contributed by atoms with Gasteiger partial charge in [0.25, 0.3) is 0 Å². The minimum Gasteiger partial charge on any atom is -0.496 e. The Hall–Kier alpha value is -1.39. The van der Waals surface area contributed by atoms with Crippen molar-refractivity contribution in [3.8, 4) is 5.75 Å². The first kappa shape index (κ1) is 18.0. The highest BCUT2D eigenvalue weighted by molar-refractivity contribution is 9.11. The SMILES string of the molecule is COc1cc(C=NN=C2NC(=O)C(CC(=O)O)S2)c(Br)cc1Br. The van der Waals surface area contributed by atoms with Gasteiger partial charge in [0.15, 0.2) is 5.17 Å². The largest absolute Gasteiger partial charge is 0.496 e. The van der Waals surface area contributed by atoms with Gasteiger partial charge in [-0.2, -0.15) is 5.10 Å². The number of rotatable bonds is 5. The molecule has 122 valence electrons. The average molecular weight is 465 g/mol. The van der Waals surface area contributed by atoms with E-state index in [1.54, 1.807) is 13.2 Å². The van der Waals surface area contributed by atoms with Gasteiger partial charge in [-0.3, -0.25) is 9.59 Å². The van der Waals surface area contributed by atoms with Crippen molar-refractivity contribution in [2.24, 2.45) is 10.2 Å². The summed E-state index contributed by atoms with van der Waals surface area (Å²) in [7, 11) is 1.56. The van der Waals surface area contributed by atoms with Crippen LogP contribution in [0.15, 0.2) is 31.3 Å². The molecule has 7 nitrogen and oxygen atoms in total. The molecule has 0 aliphatic carbocycles. The number of aliphatic carboxylic acids is 1. The number of carboxylic acids is 1. The van der Waals surface area contributed by atoms with Crippen LogP contribution in [0.3, 0.4) is 0 Å². The number of nitrogens with zero attached hydrogens (tertiary/aromatic N) is 2. The first-order valence-corrected chi connectivity index (χ1v) is 8.70. The van der Waals surface area contributed by atoms with Crippen LogP contribution < -0.4 is 10.1 Å². The Bertz CT molecular complexity index is 709. The zero-order chi connectivity index (χ0) is 17.0. The highest BCUT2D eigenvalue weighted by atomic mass is 79.9. The number of amides is 1. The van der Waals surface area contributed by atoms with Gasteiger partial charge < -0.3 is 15.2 Å². The third-order valence-corrected chi connectivity index (χ3v) is 5.13. The predicted molar refractivity (Wildman–Crippen MR) is 95.2 cm³/mol. The molecule has 1 unspecified atom stereocenters. The third kappa shape index (κ3) is 4.79. The number of hydrogen-bond donors (Lipinski definition) is 2. The molecule has 10 heteroatoms. The monoisotopic (exact) mass is 463 g/mol. The standard InChI is InChI=1S/C13H11Br2N3O4S/c1-22-9-2-6(7(14)3-8(9)15)5-16-18-13-17-12(21)10(23-13)4-11(19)20/h2-3,5,10H,4H2,1H3,(H,19,20)(H,17,18,21). The van der Waals surface area contributed by atoms with Crippen LogP contribution >= 0.6 is 43.6 Å². The molecule has 2 rings (SSSR count). The second-order valence-electron chi connectivity index (χ2n) is 4.35. The number of halogens is 2. The molecule has 1 aliphatic heterocycles. The van der Waals surface area contributed by atoms with Crippen molar-refractivity contribution in [3.05, 3.63) is 26.6 Å². The van der Waals surface area contributed by atoms with E-state index in [1.807, 2.05) is 6.07 Å². The molecule has 1 aliphatic rings. The molecule has 1 amide bonds. The smallest absolute Gasteiger partial charge is 0.305 e. The summed E-state index contributed by atoms with van der Waals surface area (Å²) in [5.41, 5.74) is 0.741. The second-order valence-corrected chi connectivity index (χ2v) is 7.25. The van der Waals surface area contributed by atoms with Crippen LogP contribution in [0.25, 0.3) is 0 Å². The second kappa shape index (κ2) is 7.93. The number of nitrogens with one attached hydrogen (secondary N) is 1. The van der Waals surface area contributed by atoms with Crippen LogP contribution in [0.4, 0.5) is 0 Å². The van der Waals surface area contributed by atoms with Gasteiger partial charge in [-0.05, 0) is 28.1 Å². The number of carboxylic acid groups (broad SMARTS) is 1. The van der Waals surface area contributed by atoms with E-state index in [1.165, 1.54) is 6.21 Å². The summed E-state index contributed by atoms with van der Waals surface area (Å²) >= 11 is 7.82. The van der Waals surface area contributed by atoms with Gasteiger partial charge in [0.05, 0.1) is 24.2 Å². The van der Waals surface area contributed by atoms with Crippen molar-refractivity contribution in [2.45, 2.75) is 11.7 Å². The van der Waals surface area contributed by atoms with Crippen LogP contribution in [0.2, 0.25) is 0 Å². The van der Waals surface area contributed by atoms with Crippen LogP contribution in [-0.4, -0.2) is 40.7 Å². The zero-order valence-electron chi connectivity index (χ0n) is 11.7. The Morgan fingerprint density at radius 3 is 2.87 bits per heavy atom. The fourth-order valence-corrected chi connectivity index (χ4v) is 3.86. The molecule has 0 aromatic heterocycles. The van der Waals surface area contributed by atoms with Gasteiger partial charge >= 0.3 is 5.97 Å². The van der Waals surface area contributed by atoms with E-state index in [4.69, 9.17) is 9.84 Å². The molecular weight excluding hydrogens is 454 g/mol. The van der Waals surface area contributed by atoms with Crippen molar-refractivity contribution in [2.75, 3.05) is 7.11 Å². The van der Waals surface area contributed by atoms with E-state index in [0.29, 0.717) is 5.75 Å². The van der Waals surface area contributed by atoms with Crippen molar-refractivity contribution < 1.29 is 19.4 Å². The summed E-state index contributed by atoms with van der Waals surface area (Å²) in [4.78, 5) is 22.2. The van der Waals surface area contributed by atoms with Crippen molar-refractivity contribution in [3.63, 3.8) is 0 Å². The molecular formula is C13H11Br2N3O4S. The number of carbonyl (C=O) groups excluding carboxylic acids is 1. The van der Waals surface area contributed by atoms with Gasteiger partial charge in [-0.1, -0.05) is 27.7 Å². The first-order chi connectivity index (χ1) is 10.9. The molecule has 23 heavy (non-hydrogen) atoms. The molecule has 1 heterocycles. The number of methoxy groups -OCH3 is 1. The number of hydrogen-bond acceptors (Lipinski definition) is 6. The number of amidine groups is 1. The minimum atomic E-state index is -1.03. The average Bonchev–Trinajstić information content (AvgIpc) is 2.80. The quantitative estimate of drug-likeness (QED) is 0.515. The fourth-order valence-electron chi connectivity index (χ4n) is 1.69. The topological polar surface area (TPSA) is 100 Å². The number of benzene rings is 1. The summed E-state index contributed by atoms with van der Waals surface area (Å²) in [6, 6.07) is 3.59. The highest BCUT2D eigenvalue weighted by Gasteiger charge is 2.32. The number of ether oxygens (including phenoxy) is 1. The summed E-state index contributed by atoms with van der Waals surface area (Å²) in [6.45, 7) is 0. The van der Waals surface area contributed by atoms with E-state index in [2.05, 4.69) is 47.4 Å². The molecule has 1 aromatic rings. The Labute approximate surface area is 152 Å². The third-order valence-electron chi connectivity index (χ3n) is 2.75. The van der Waals surface area contributed by atoms with E-state index < -0.39 is 11.2 Å². The normalized spacial score (nSPS) is 19.3. The molecule has 1 saturated heterocycles. The molecule has 0 bridgehead atoms. The molecule has 1 fully saturated rings. The summed E-state index contributed by atoms with van der Waals surface area (Å²) in [5, 5.41) is 18.6.